The summed E-state index contributed by atoms with van der Waals surface area (Å²) in [4.78, 5) is 12.3. The molecule has 1 fully saturated rings. The molecular weight excluding hydrogens is 272 g/mol. The molecule has 0 aliphatic carbocycles. The average Bonchev–Trinajstić information content (AvgIpc) is 3.05. The molecule has 0 bridgehead atoms. The van der Waals surface area contributed by atoms with Gasteiger partial charge in [0.15, 0.2) is 5.82 Å². The lowest BCUT2D eigenvalue weighted by atomic mass is 10.4. The van der Waals surface area contributed by atoms with Crippen molar-refractivity contribution in [1.29, 1.82) is 0 Å². The predicted octanol–water partition coefficient (Wildman–Crippen LogP) is 1.13. The number of carbonyl (C=O) groups excluding carboxylic acids is 1. The molecule has 0 saturated carbocycles. The summed E-state index contributed by atoms with van der Waals surface area (Å²) >= 11 is 2.84. The van der Waals surface area contributed by atoms with Crippen LogP contribution in [-0.4, -0.2) is 32.7 Å². The van der Waals surface area contributed by atoms with Crippen LogP contribution in [0.3, 0.4) is 0 Å². The highest BCUT2D eigenvalue weighted by Crippen LogP contribution is 2.30. The van der Waals surface area contributed by atoms with Crippen molar-refractivity contribution in [1.82, 2.24) is 14.9 Å². The lowest BCUT2D eigenvalue weighted by Gasteiger charge is -2.04. The van der Waals surface area contributed by atoms with Gasteiger partial charge in [0.25, 0.3) is 0 Å². The topological polar surface area (TPSA) is 83.0 Å². The number of hydrogen-bond donors (Lipinski definition) is 1. The minimum Gasteiger partial charge on any atom is -0.465 e. The van der Waals surface area contributed by atoms with Gasteiger partial charge in [-0.2, -0.15) is 0 Å². The number of nitrogens with two attached hydrogens (primary N) is 1. The zero-order valence-corrected chi connectivity index (χ0v) is 10.9. The second kappa shape index (κ2) is 4.62. The third kappa shape index (κ3) is 1.97. The Bertz CT molecular complexity index is 566. The molecule has 2 N–H and O–H groups in total. The Morgan fingerprint density at radius 2 is 2.44 bits per heavy atom. The molecular formula is C10H10N4O2S2. The third-order valence-corrected chi connectivity index (χ3v) is 4.61. The predicted molar refractivity (Wildman–Crippen MR) is 68.7 cm³/mol. The molecule has 2 aromatic rings. The molecule has 0 aromatic carbocycles. The van der Waals surface area contributed by atoms with Crippen molar-refractivity contribution >= 4 is 29.1 Å². The van der Waals surface area contributed by atoms with Crippen molar-refractivity contribution in [2.24, 2.45) is 0 Å². The zero-order chi connectivity index (χ0) is 12.5. The number of thioether (sulfide) groups is 1. The SMILES string of the molecule is Nn1c(S[C@@H]2CCOC2=O)nnc1-c1cccs1. The van der Waals surface area contributed by atoms with E-state index in [-0.39, 0.29) is 11.2 Å². The molecule has 0 radical (unpaired) electrons. The van der Waals surface area contributed by atoms with Crippen LogP contribution in [0, 0.1) is 0 Å². The molecule has 1 aliphatic heterocycles. The van der Waals surface area contributed by atoms with Crippen molar-refractivity contribution in [2.45, 2.75) is 16.8 Å². The van der Waals surface area contributed by atoms with Crippen LogP contribution in [0.25, 0.3) is 10.7 Å². The van der Waals surface area contributed by atoms with Crippen LogP contribution in [0.1, 0.15) is 6.42 Å². The third-order valence-electron chi connectivity index (χ3n) is 2.54. The zero-order valence-electron chi connectivity index (χ0n) is 9.28. The summed E-state index contributed by atoms with van der Waals surface area (Å²) in [6.45, 7) is 0.465. The Hall–Kier alpha value is -1.54. The molecule has 94 valence electrons. The Kier molecular flexibility index (Phi) is 2.96. The number of thiophene rings is 1. The summed E-state index contributed by atoms with van der Waals surface area (Å²) in [5.41, 5.74) is 0. The maximum Gasteiger partial charge on any atom is 0.319 e. The highest BCUT2D eigenvalue weighted by molar-refractivity contribution is 8.00. The van der Waals surface area contributed by atoms with E-state index in [4.69, 9.17) is 10.6 Å². The van der Waals surface area contributed by atoms with Crippen LogP contribution in [0.2, 0.25) is 0 Å². The molecule has 3 heterocycles. The number of carbonyl (C=O) groups is 1. The average molecular weight is 282 g/mol. The monoisotopic (exact) mass is 282 g/mol. The molecule has 8 heteroatoms. The molecule has 3 rings (SSSR count). The number of cyclic esters (lactones) is 1. The van der Waals surface area contributed by atoms with Crippen molar-refractivity contribution in [3.8, 4) is 10.7 Å². The van der Waals surface area contributed by atoms with Crippen LogP contribution >= 0.6 is 23.1 Å². The van der Waals surface area contributed by atoms with E-state index < -0.39 is 0 Å². The summed E-state index contributed by atoms with van der Waals surface area (Å²) in [6.07, 6.45) is 0.685. The van der Waals surface area contributed by atoms with Crippen LogP contribution in [0.4, 0.5) is 0 Å². The molecule has 2 aromatic heterocycles. The fourth-order valence-electron chi connectivity index (χ4n) is 1.64. The number of hydrogen-bond acceptors (Lipinski definition) is 7. The number of ether oxygens (including phenoxy) is 1. The first-order chi connectivity index (χ1) is 8.75. The van der Waals surface area contributed by atoms with Gasteiger partial charge in [0, 0.05) is 6.42 Å². The fourth-order valence-corrected chi connectivity index (χ4v) is 3.27. The first-order valence-electron chi connectivity index (χ1n) is 5.33. The van der Waals surface area contributed by atoms with E-state index in [1.54, 1.807) is 11.3 Å². The number of nitrogen functional groups attached to an aromatic ring is 1. The first-order valence-corrected chi connectivity index (χ1v) is 7.09. The van der Waals surface area contributed by atoms with Crippen LogP contribution < -0.4 is 5.84 Å². The molecule has 1 saturated heterocycles. The van der Waals surface area contributed by atoms with E-state index in [1.807, 2.05) is 17.5 Å². The number of rotatable bonds is 3. The van der Waals surface area contributed by atoms with Crippen LogP contribution in [0.15, 0.2) is 22.7 Å². The molecule has 0 unspecified atom stereocenters. The Morgan fingerprint density at radius 3 is 3.11 bits per heavy atom. The second-order valence-electron chi connectivity index (χ2n) is 3.72. The van der Waals surface area contributed by atoms with Gasteiger partial charge in [0.05, 0.1) is 11.5 Å². The second-order valence-corrected chi connectivity index (χ2v) is 5.83. The maximum absolute atomic E-state index is 11.4. The van der Waals surface area contributed by atoms with Gasteiger partial charge < -0.3 is 10.6 Å². The summed E-state index contributed by atoms with van der Waals surface area (Å²) in [7, 11) is 0. The smallest absolute Gasteiger partial charge is 0.319 e. The standard InChI is InChI=1S/C10H10N4O2S2/c11-14-8(6-2-1-5-17-6)12-13-10(14)18-7-3-4-16-9(7)15/h1-2,5,7H,3-4,11H2/t7-/m1/s1. The van der Waals surface area contributed by atoms with Crippen molar-refractivity contribution in [3.63, 3.8) is 0 Å². The normalized spacial score (nSPS) is 19.1. The Labute approximate surface area is 111 Å². The lowest BCUT2D eigenvalue weighted by Crippen LogP contribution is -2.15. The van der Waals surface area contributed by atoms with Crippen molar-refractivity contribution in [3.05, 3.63) is 17.5 Å². The largest absolute Gasteiger partial charge is 0.465 e. The van der Waals surface area contributed by atoms with Crippen LogP contribution in [-0.2, 0) is 9.53 Å². The Balaban J connectivity index is 1.84. The molecule has 0 amide bonds. The fraction of sp³-hybridized carbons (Fsp3) is 0.300. The van der Waals surface area contributed by atoms with Gasteiger partial charge >= 0.3 is 5.97 Å². The number of aromatic nitrogens is 3. The van der Waals surface area contributed by atoms with E-state index in [0.717, 1.165) is 4.88 Å². The van der Waals surface area contributed by atoms with Gasteiger partial charge in [-0.15, -0.1) is 21.5 Å². The van der Waals surface area contributed by atoms with Crippen molar-refractivity contribution in [2.75, 3.05) is 12.4 Å². The molecule has 18 heavy (non-hydrogen) atoms. The summed E-state index contributed by atoms with van der Waals surface area (Å²) in [5, 5.41) is 10.3. The van der Waals surface area contributed by atoms with Gasteiger partial charge in [-0.25, -0.2) is 4.68 Å². The molecule has 1 atom stereocenters. The van der Waals surface area contributed by atoms with Crippen molar-refractivity contribution < 1.29 is 9.53 Å². The Morgan fingerprint density at radius 1 is 1.56 bits per heavy atom. The molecule has 6 nitrogen and oxygen atoms in total. The summed E-state index contributed by atoms with van der Waals surface area (Å²) in [5.74, 6) is 6.35. The number of esters is 1. The van der Waals surface area contributed by atoms with Gasteiger partial charge in [0.1, 0.15) is 5.25 Å². The maximum atomic E-state index is 11.4. The van der Waals surface area contributed by atoms with E-state index >= 15 is 0 Å². The molecule has 1 aliphatic rings. The minimum atomic E-state index is -0.229. The molecule has 0 spiro atoms. The quantitative estimate of drug-likeness (QED) is 0.671. The van der Waals surface area contributed by atoms with E-state index in [0.29, 0.717) is 24.0 Å². The highest BCUT2D eigenvalue weighted by Gasteiger charge is 2.29. The van der Waals surface area contributed by atoms with Gasteiger partial charge in [0.2, 0.25) is 5.16 Å². The summed E-state index contributed by atoms with van der Waals surface area (Å²) < 4.78 is 6.32. The summed E-state index contributed by atoms with van der Waals surface area (Å²) in [6, 6.07) is 3.85. The van der Waals surface area contributed by atoms with E-state index in [1.165, 1.54) is 16.4 Å². The van der Waals surface area contributed by atoms with Gasteiger partial charge in [-0.05, 0) is 11.4 Å². The van der Waals surface area contributed by atoms with E-state index in [9.17, 15) is 4.79 Å². The number of nitrogens with zero attached hydrogens (tertiary/aromatic N) is 3. The lowest BCUT2D eigenvalue weighted by molar-refractivity contribution is -0.137. The van der Waals surface area contributed by atoms with Crippen LogP contribution in [0.5, 0.6) is 0 Å². The van der Waals surface area contributed by atoms with Gasteiger partial charge in [-0.1, -0.05) is 17.8 Å². The minimum absolute atomic E-state index is 0.208. The first kappa shape index (κ1) is 11.5. The van der Waals surface area contributed by atoms with Gasteiger partial charge in [-0.3, -0.25) is 4.79 Å². The van der Waals surface area contributed by atoms with E-state index in [2.05, 4.69) is 10.2 Å². The highest BCUT2D eigenvalue weighted by atomic mass is 32.2.